The van der Waals surface area contributed by atoms with E-state index in [1.807, 2.05) is 34.3 Å². The van der Waals surface area contributed by atoms with Gasteiger partial charge in [0.15, 0.2) is 0 Å². The summed E-state index contributed by atoms with van der Waals surface area (Å²) in [5, 5.41) is 7.37. The topological polar surface area (TPSA) is 65.6 Å². The van der Waals surface area contributed by atoms with Gasteiger partial charge in [-0.05, 0) is 36.4 Å². The minimum atomic E-state index is 0.0250. The number of thioether (sulfide) groups is 1. The highest BCUT2D eigenvalue weighted by Gasteiger charge is 2.30. The van der Waals surface area contributed by atoms with Crippen LogP contribution in [0.1, 0.15) is 24.6 Å². The SMILES string of the molecule is O=c1c2sccc2ncn1CCSc1nc(C2CC2)n(-c2ccccc2)n1. The highest BCUT2D eigenvalue weighted by molar-refractivity contribution is 7.99. The van der Waals surface area contributed by atoms with Crippen LogP contribution in [-0.4, -0.2) is 30.1 Å². The lowest BCUT2D eigenvalue weighted by Crippen LogP contribution is -2.20. The van der Waals surface area contributed by atoms with Gasteiger partial charge in [0.1, 0.15) is 10.5 Å². The monoisotopic (exact) mass is 395 g/mol. The number of nitrogens with zero attached hydrogens (tertiary/aromatic N) is 5. The number of hydrogen-bond acceptors (Lipinski definition) is 6. The molecule has 1 aliphatic carbocycles. The van der Waals surface area contributed by atoms with Crippen molar-refractivity contribution < 1.29 is 0 Å². The summed E-state index contributed by atoms with van der Waals surface area (Å²) >= 11 is 3.02. The molecule has 3 aromatic heterocycles. The molecule has 136 valence electrons. The number of benzene rings is 1. The molecule has 1 saturated carbocycles. The minimum absolute atomic E-state index is 0.0250. The molecule has 0 radical (unpaired) electrons. The third-order valence-corrected chi connectivity index (χ3v) is 6.26. The van der Waals surface area contributed by atoms with E-state index in [1.165, 1.54) is 24.2 Å². The molecular formula is C19H17N5OS2. The number of thiophene rings is 1. The fraction of sp³-hybridized carbons (Fsp3) is 0.263. The van der Waals surface area contributed by atoms with Crippen molar-refractivity contribution in [2.45, 2.75) is 30.5 Å². The highest BCUT2D eigenvalue weighted by Crippen LogP contribution is 2.40. The molecule has 0 bridgehead atoms. The summed E-state index contributed by atoms with van der Waals surface area (Å²) in [6.45, 7) is 0.586. The Balaban J connectivity index is 1.34. The van der Waals surface area contributed by atoms with E-state index in [1.54, 1.807) is 22.7 Å². The summed E-state index contributed by atoms with van der Waals surface area (Å²) in [5.74, 6) is 2.28. The van der Waals surface area contributed by atoms with Crippen molar-refractivity contribution in [2.75, 3.05) is 5.75 Å². The van der Waals surface area contributed by atoms with E-state index in [2.05, 4.69) is 17.1 Å². The molecule has 0 N–H and O–H groups in total. The smallest absolute Gasteiger partial charge is 0.271 e. The molecule has 1 fully saturated rings. The van der Waals surface area contributed by atoms with E-state index < -0.39 is 0 Å². The lowest BCUT2D eigenvalue weighted by atomic mass is 10.3. The zero-order chi connectivity index (χ0) is 18.2. The first kappa shape index (κ1) is 16.7. The molecule has 6 nitrogen and oxygen atoms in total. The van der Waals surface area contributed by atoms with Crippen LogP contribution in [0.5, 0.6) is 0 Å². The Kier molecular flexibility index (Phi) is 4.29. The second-order valence-corrected chi connectivity index (χ2v) is 8.48. The average Bonchev–Trinajstić information content (AvgIpc) is 3.27. The average molecular weight is 396 g/mol. The van der Waals surface area contributed by atoms with Gasteiger partial charge in [0, 0.05) is 18.2 Å². The predicted octanol–water partition coefficient (Wildman–Crippen LogP) is 3.71. The summed E-state index contributed by atoms with van der Waals surface area (Å²) in [7, 11) is 0. The molecule has 1 aromatic carbocycles. The van der Waals surface area contributed by atoms with Crippen molar-refractivity contribution in [2.24, 2.45) is 0 Å². The van der Waals surface area contributed by atoms with Gasteiger partial charge in [-0.1, -0.05) is 30.0 Å². The van der Waals surface area contributed by atoms with Crippen molar-refractivity contribution in [3.05, 3.63) is 64.3 Å². The molecule has 0 unspecified atom stereocenters. The van der Waals surface area contributed by atoms with Gasteiger partial charge in [0.2, 0.25) is 5.16 Å². The summed E-state index contributed by atoms with van der Waals surface area (Å²) < 4.78 is 4.35. The zero-order valence-corrected chi connectivity index (χ0v) is 16.1. The van der Waals surface area contributed by atoms with Crippen LogP contribution in [0.4, 0.5) is 0 Å². The van der Waals surface area contributed by atoms with Crippen LogP contribution in [-0.2, 0) is 6.54 Å². The van der Waals surface area contributed by atoms with Crippen molar-refractivity contribution in [1.82, 2.24) is 24.3 Å². The maximum absolute atomic E-state index is 12.5. The Labute approximate surface area is 163 Å². The van der Waals surface area contributed by atoms with E-state index in [-0.39, 0.29) is 5.56 Å². The first-order chi connectivity index (χ1) is 13.3. The molecule has 3 heterocycles. The molecule has 5 rings (SSSR count). The quantitative estimate of drug-likeness (QED) is 0.466. The zero-order valence-electron chi connectivity index (χ0n) is 14.5. The second kappa shape index (κ2) is 6.94. The van der Waals surface area contributed by atoms with E-state index >= 15 is 0 Å². The third kappa shape index (κ3) is 3.30. The predicted molar refractivity (Wildman–Crippen MR) is 108 cm³/mol. The Morgan fingerprint density at radius 2 is 2.04 bits per heavy atom. The van der Waals surface area contributed by atoms with Crippen LogP contribution < -0.4 is 5.56 Å². The fourth-order valence-electron chi connectivity index (χ4n) is 3.00. The van der Waals surface area contributed by atoms with Gasteiger partial charge >= 0.3 is 0 Å². The van der Waals surface area contributed by atoms with Crippen LogP contribution >= 0.6 is 23.1 Å². The summed E-state index contributed by atoms with van der Waals surface area (Å²) in [4.78, 5) is 21.6. The van der Waals surface area contributed by atoms with Gasteiger partial charge in [0.05, 0.1) is 17.5 Å². The maximum Gasteiger partial charge on any atom is 0.271 e. The van der Waals surface area contributed by atoms with Gasteiger partial charge in [0.25, 0.3) is 5.56 Å². The van der Waals surface area contributed by atoms with Gasteiger partial charge in [-0.15, -0.1) is 16.4 Å². The number of fused-ring (bicyclic) bond motifs is 1. The third-order valence-electron chi connectivity index (χ3n) is 4.56. The van der Waals surface area contributed by atoms with E-state index in [4.69, 9.17) is 10.1 Å². The molecule has 8 heteroatoms. The van der Waals surface area contributed by atoms with Gasteiger partial charge in [-0.2, -0.15) is 0 Å². The largest absolute Gasteiger partial charge is 0.297 e. The molecule has 1 aliphatic rings. The standard InChI is InChI=1S/C19H17N5OS2/c25-18-16-15(8-10-26-16)20-12-23(18)9-11-27-19-21-17(13-6-7-13)24(22-19)14-4-2-1-3-5-14/h1-5,8,10,12-13H,6-7,9,11H2. The van der Waals surface area contributed by atoms with Crippen molar-refractivity contribution >= 4 is 33.3 Å². The van der Waals surface area contributed by atoms with Crippen LogP contribution in [0.25, 0.3) is 15.9 Å². The Morgan fingerprint density at radius 3 is 2.85 bits per heavy atom. The fourth-order valence-corrected chi connectivity index (χ4v) is 4.56. The van der Waals surface area contributed by atoms with Crippen molar-refractivity contribution in [3.8, 4) is 5.69 Å². The van der Waals surface area contributed by atoms with E-state index in [0.717, 1.165) is 27.9 Å². The number of aryl methyl sites for hydroxylation is 1. The molecule has 0 aliphatic heterocycles. The molecule has 0 amide bonds. The molecule has 0 spiro atoms. The Hall–Kier alpha value is -2.45. The van der Waals surface area contributed by atoms with Crippen molar-refractivity contribution in [3.63, 3.8) is 0 Å². The summed E-state index contributed by atoms with van der Waals surface area (Å²) in [5.41, 5.74) is 1.84. The Bertz CT molecular complexity index is 1140. The van der Waals surface area contributed by atoms with E-state index in [0.29, 0.717) is 17.2 Å². The molecule has 27 heavy (non-hydrogen) atoms. The second-order valence-electron chi connectivity index (χ2n) is 6.50. The van der Waals surface area contributed by atoms with Gasteiger partial charge in [-0.25, -0.2) is 14.6 Å². The van der Waals surface area contributed by atoms with Gasteiger partial charge < -0.3 is 0 Å². The highest BCUT2D eigenvalue weighted by atomic mass is 32.2. The Morgan fingerprint density at radius 1 is 1.19 bits per heavy atom. The minimum Gasteiger partial charge on any atom is -0.297 e. The first-order valence-corrected chi connectivity index (χ1v) is 10.7. The van der Waals surface area contributed by atoms with Crippen LogP contribution in [0.15, 0.2) is 58.1 Å². The molecule has 4 aromatic rings. The van der Waals surface area contributed by atoms with Crippen LogP contribution in [0.3, 0.4) is 0 Å². The lowest BCUT2D eigenvalue weighted by Gasteiger charge is -2.04. The molecule has 0 atom stereocenters. The summed E-state index contributed by atoms with van der Waals surface area (Å²) in [6, 6.07) is 12.0. The number of rotatable bonds is 6. The first-order valence-electron chi connectivity index (χ1n) is 8.87. The number of hydrogen-bond donors (Lipinski definition) is 0. The van der Waals surface area contributed by atoms with Crippen LogP contribution in [0.2, 0.25) is 0 Å². The molecular weight excluding hydrogens is 378 g/mol. The molecule has 0 saturated heterocycles. The maximum atomic E-state index is 12.5. The van der Waals surface area contributed by atoms with Gasteiger partial charge in [-0.3, -0.25) is 9.36 Å². The van der Waals surface area contributed by atoms with E-state index in [9.17, 15) is 4.79 Å². The normalized spacial score (nSPS) is 14.1. The summed E-state index contributed by atoms with van der Waals surface area (Å²) in [6.07, 6.45) is 3.98. The number of aromatic nitrogens is 5. The van der Waals surface area contributed by atoms with Crippen molar-refractivity contribution in [1.29, 1.82) is 0 Å². The van der Waals surface area contributed by atoms with Crippen LogP contribution in [0, 0.1) is 0 Å². The number of para-hydroxylation sites is 1. The lowest BCUT2D eigenvalue weighted by molar-refractivity contribution is 0.724.